The Bertz CT molecular complexity index is 833. The van der Waals surface area contributed by atoms with Gasteiger partial charge in [0.2, 0.25) is 5.76 Å². The van der Waals surface area contributed by atoms with E-state index in [0.29, 0.717) is 11.3 Å². The molecule has 4 heteroatoms. The molecule has 1 aromatic heterocycles. The largest absolute Gasteiger partial charge is 0.449 e. The van der Waals surface area contributed by atoms with E-state index in [9.17, 15) is 4.79 Å². The molecule has 0 fully saturated rings. The van der Waals surface area contributed by atoms with Crippen molar-refractivity contribution in [2.24, 2.45) is 0 Å². The Hall–Kier alpha value is -2.07. The van der Waals surface area contributed by atoms with E-state index < -0.39 is 5.97 Å². The summed E-state index contributed by atoms with van der Waals surface area (Å²) in [6.45, 7) is 4.12. The van der Waals surface area contributed by atoms with Gasteiger partial charge in [-0.1, -0.05) is 48.0 Å². The summed E-state index contributed by atoms with van der Waals surface area (Å²) in [7, 11) is 0. The molecule has 0 unspecified atom stereocenters. The van der Waals surface area contributed by atoms with Gasteiger partial charge in [-0.2, -0.15) is 0 Å². The maximum absolute atomic E-state index is 12.3. The Labute approximate surface area is 137 Å². The third-order valence-electron chi connectivity index (χ3n) is 3.42. The fourth-order valence-corrected chi connectivity index (χ4v) is 2.69. The zero-order valence-corrected chi connectivity index (χ0v) is 13.9. The molecule has 3 nitrogen and oxygen atoms in total. The molecular formula is C18H15BrO3. The molecule has 3 aromatic rings. The van der Waals surface area contributed by atoms with Crippen molar-refractivity contribution in [2.45, 2.75) is 19.8 Å². The first-order chi connectivity index (χ1) is 10.5. The molecule has 112 valence electrons. The van der Waals surface area contributed by atoms with Crippen molar-refractivity contribution in [1.82, 2.24) is 0 Å². The third kappa shape index (κ3) is 2.92. The van der Waals surface area contributed by atoms with Crippen LogP contribution in [0.4, 0.5) is 0 Å². The van der Waals surface area contributed by atoms with Gasteiger partial charge in [-0.15, -0.1) is 0 Å². The number of rotatable bonds is 3. The van der Waals surface area contributed by atoms with Gasteiger partial charge in [-0.05, 0) is 41.8 Å². The van der Waals surface area contributed by atoms with Crippen LogP contribution < -0.4 is 4.74 Å². The van der Waals surface area contributed by atoms with Crippen molar-refractivity contribution >= 4 is 32.9 Å². The van der Waals surface area contributed by atoms with Crippen LogP contribution >= 0.6 is 15.9 Å². The van der Waals surface area contributed by atoms with E-state index >= 15 is 0 Å². The molecule has 3 rings (SSSR count). The monoisotopic (exact) mass is 358 g/mol. The minimum atomic E-state index is -0.486. The van der Waals surface area contributed by atoms with Gasteiger partial charge in [0.25, 0.3) is 0 Å². The molecule has 0 aliphatic heterocycles. The number of carbonyl (C=O) groups excluding carboxylic acids is 1. The highest BCUT2D eigenvalue weighted by Crippen LogP contribution is 2.28. The second kappa shape index (κ2) is 5.97. The normalized spacial score (nSPS) is 11.1. The molecule has 0 spiro atoms. The summed E-state index contributed by atoms with van der Waals surface area (Å²) in [6, 6.07) is 14.8. The van der Waals surface area contributed by atoms with E-state index in [1.165, 1.54) is 0 Å². The molecule has 0 saturated carbocycles. The Morgan fingerprint density at radius 1 is 1.14 bits per heavy atom. The van der Waals surface area contributed by atoms with Crippen molar-refractivity contribution in [2.75, 3.05) is 0 Å². The van der Waals surface area contributed by atoms with E-state index in [1.54, 1.807) is 12.1 Å². The second-order valence-electron chi connectivity index (χ2n) is 5.37. The average molecular weight is 359 g/mol. The molecule has 0 N–H and O–H groups in total. The number of para-hydroxylation sites is 1. The first-order valence-corrected chi connectivity index (χ1v) is 7.84. The fourth-order valence-electron chi connectivity index (χ4n) is 2.32. The molecule has 0 amide bonds. The van der Waals surface area contributed by atoms with Crippen LogP contribution in [-0.4, -0.2) is 5.97 Å². The first-order valence-electron chi connectivity index (χ1n) is 7.05. The summed E-state index contributed by atoms with van der Waals surface area (Å²) in [5, 5.41) is 0.860. The minimum absolute atomic E-state index is 0.201. The Morgan fingerprint density at radius 3 is 2.68 bits per heavy atom. The standard InChI is InChI=1S/C18H15BrO3/c1-11(2)14-5-3-4-6-16(14)22-18(20)17-10-12-9-13(19)7-8-15(12)21-17/h3-11H,1-2H3. The highest BCUT2D eigenvalue weighted by Gasteiger charge is 2.17. The molecule has 0 atom stereocenters. The van der Waals surface area contributed by atoms with Crippen LogP contribution in [0, 0.1) is 0 Å². The van der Waals surface area contributed by atoms with Gasteiger partial charge in [0.05, 0.1) is 0 Å². The molecule has 0 saturated heterocycles. The van der Waals surface area contributed by atoms with Gasteiger partial charge in [-0.25, -0.2) is 4.79 Å². The number of hydrogen-bond donors (Lipinski definition) is 0. The Morgan fingerprint density at radius 2 is 1.91 bits per heavy atom. The van der Waals surface area contributed by atoms with Gasteiger partial charge in [0, 0.05) is 9.86 Å². The number of benzene rings is 2. The van der Waals surface area contributed by atoms with Crippen LogP contribution in [0.5, 0.6) is 5.75 Å². The van der Waals surface area contributed by atoms with E-state index in [2.05, 4.69) is 29.8 Å². The van der Waals surface area contributed by atoms with E-state index in [0.717, 1.165) is 15.4 Å². The zero-order valence-electron chi connectivity index (χ0n) is 12.3. The number of ether oxygens (including phenoxy) is 1. The molecule has 1 heterocycles. The summed E-state index contributed by atoms with van der Waals surface area (Å²) in [5.74, 6) is 0.562. The maximum Gasteiger partial charge on any atom is 0.379 e. The zero-order chi connectivity index (χ0) is 15.7. The van der Waals surface area contributed by atoms with Crippen molar-refractivity contribution in [3.05, 3.63) is 64.3 Å². The first kappa shape index (κ1) is 14.9. The fraction of sp³-hybridized carbons (Fsp3) is 0.167. The molecule has 0 aliphatic rings. The Balaban J connectivity index is 1.90. The quantitative estimate of drug-likeness (QED) is 0.455. The van der Waals surface area contributed by atoms with Gasteiger partial charge in [0.1, 0.15) is 11.3 Å². The summed E-state index contributed by atoms with van der Waals surface area (Å²) in [6.07, 6.45) is 0. The van der Waals surface area contributed by atoms with Crippen molar-refractivity contribution in [1.29, 1.82) is 0 Å². The second-order valence-corrected chi connectivity index (χ2v) is 6.29. The molecule has 22 heavy (non-hydrogen) atoms. The highest BCUT2D eigenvalue weighted by atomic mass is 79.9. The number of hydrogen-bond acceptors (Lipinski definition) is 3. The average Bonchev–Trinajstić information content (AvgIpc) is 2.90. The molecule has 0 bridgehead atoms. The summed E-state index contributed by atoms with van der Waals surface area (Å²) >= 11 is 3.40. The lowest BCUT2D eigenvalue weighted by atomic mass is 10.0. The minimum Gasteiger partial charge on any atom is -0.449 e. The van der Waals surface area contributed by atoms with Crippen LogP contribution in [0.25, 0.3) is 11.0 Å². The number of carbonyl (C=O) groups is 1. The van der Waals surface area contributed by atoms with Crippen LogP contribution in [0.2, 0.25) is 0 Å². The van der Waals surface area contributed by atoms with Gasteiger partial charge < -0.3 is 9.15 Å². The lowest BCUT2D eigenvalue weighted by molar-refractivity contribution is 0.0702. The van der Waals surface area contributed by atoms with Crippen LogP contribution in [0.1, 0.15) is 35.9 Å². The molecule has 0 aliphatic carbocycles. The van der Waals surface area contributed by atoms with Crippen molar-refractivity contribution in [3.63, 3.8) is 0 Å². The summed E-state index contributed by atoms with van der Waals surface area (Å²) in [5.41, 5.74) is 1.65. The number of fused-ring (bicyclic) bond motifs is 1. The predicted octanol–water partition coefficient (Wildman–Crippen LogP) is 5.54. The van der Waals surface area contributed by atoms with Crippen molar-refractivity contribution < 1.29 is 13.9 Å². The van der Waals surface area contributed by atoms with E-state index in [-0.39, 0.29) is 11.7 Å². The number of halogens is 1. The van der Waals surface area contributed by atoms with E-state index in [4.69, 9.17) is 9.15 Å². The van der Waals surface area contributed by atoms with Crippen LogP contribution in [-0.2, 0) is 0 Å². The van der Waals surface area contributed by atoms with Crippen LogP contribution in [0.15, 0.2) is 57.4 Å². The number of esters is 1. The van der Waals surface area contributed by atoms with Gasteiger partial charge in [-0.3, -0.25) is 0 Å². The summed E-state index contributed by atoms with van der Waals surface area (Å²) < 4.78 is 12.0. The van der Waals surface area contributed by atoms with E-state index in [1.807, 2.05) is 36.4 Å². The Kier molecular flexibility index (Phi) is 4.03. The van der Waals surface area contributed by atoms with Gasteiger partial charge in [0.15, 0.2) is 0 Å². The lowest BCUT2D eigenvalue weighted by Gasteiger charge is -2.11. The molecular weight excluding hydrogens is 344 g/mol. The third-order valence-corrected chi connectivity index (χ3v) is 3.92. The predicted molar refractivity (Wildman–Crippen MR) is 89.4 cm³/mol. The maximum atomic E-state index is 12.3. The van der Waals surface area contributed by atoms with Crippen molar-refractivity contribution in [3.8, 4) is 5.75 Å². The smallest absolute Gasteiger partial charge is 0.379 e. The number of furan rings is 1. The topological polar surface area (TPSA) is 39.4 Å². The molecule has 2 aromatic carbocycles. The summed E-state index contributed by atoms with van der Waals surface area (Å²) in [4.78, 5) is 12.3. The molecule has 0 radical (unpaired) electrons. The highest BCUT2D eigenvalue weighted by molar-refractivity contribution is 9.10. The lowest BCUT2D eigenvalue weighted by Crippen LogP contribution is -2.09. The SMILES string of the molecule is CC(C)c1ccccc1OC(=O)c1cc2cc(Br)ccc2o1. The van der Waals surface area contributed by atoms with Crippen LogP contribution in [0.3, 0.4) is 0 Å². The van der Waals surface area contributed by atoms with Gasteiger partial charge >= 0.3 is 5.97 Å².